The Balaban J connectivity index is 2.18. The van der Waals surface area contributed by atoms with Gasteiger partial charge in [0.15, 0.2) is 11.5 Å². The lowest BCUT2D eigenvalue weighted by atomic mass is 10.1. The van der Waals surface area contributed by atoms with E-state index in [0.29, 0.717) is 38.6 Å². The van der Waals surface area contributed by atoms with Gasteiger partial charge in [0.25, 0.3) is 5.56 Å². The highest BCUT2D eigenvalue weighted by Crippen LogP contribution is 2.26. The summed E-state index contributed by atoms with van der Waals surface area (Å²) in [6.45, 7) is 15.1. The van der Waals surface area contributed by atoms with Crippen LogP contribution in [0, 0.1) is 13.8 Å². The summed E-state index contributed by atoms with van der Waals surface area (Å²) in [5.41, 5.74) is 2.34. The van der Waals surface area contributed by atoms with E-state index in [4.69, 9.17) is 18.9 Å². The van der Waals surface area contributed by atoms with Gasteiger partial charge in [0.2, 0.25) is 0 Å². The summed E-state index contributed by atoms with van der Waals surface area (Å²) < 4.78 is 26.9. The summed E-state index contributed by atoms with van der Waals surface area (Å²) >= 11 is 0. The lowest BCUT2D eigenvalue weighted by Gasteiger charge is -2.34. The van der Waals surface area contributed by atoms with E-state index >= 15 is 0 Å². The molecule has 3 rings (SSSR count). The SMILES string of the molecule is CCCOC[C@@H](OCCC)[C@@H](OCCC)[C@H](Cn1c2nc(=O)[nH]c(=O)c-2nc2cc(C)c(C)cc21)OCCC. The summed E-state index contributed by atoms with van der Waals surface area (Å²) in [6, 6.07) is 3.96. The van der Waals surface area contributed by atoms with Gasteiger partial charge in [-0.25, -0.2) is 9.78 Å². The molecule has 0 aromatic heterocycles. The minimum absolute atomic E-state index is 0.107. The normalized spacial score (nSPS) is 14.2. The number of aryl methyl sites for hydroxylation is 2. The Morgan fingerprint density at radius 3 is 2.10 bits per heavy atom. The van der Waals surface area contributed by atoms with Gasteiger partial charge < -0.3 is 23.5 Å². The van der Waals surface area contributed by atoms with Gasteiger partial charge in [-0.15, -0.1) is 0 Å². The van der Waals surface area contributed by atoms with Crippen LogP contribution in [0.1, 0.15) is 64.5 Å². The van der Waals surface area contributed by atoms with E-state index in [1.165, 1.54) is 0 Å². The van der Waals surface area contributed by atoms with Crippen LogP contribution in [0.2, 0.25) is 0 Å². The largest absolute Gasteiger partial charge is 0.379 e. The summed E-state index contributed by atoms with van der Waals surface area (Å²) in [5, 5.41) is 0. The molecule has 0 saturated carbocycles. The van der Waals surface area contributed by atoms with Crippen LogP contribution >= 0.6 is 0 Å². The van der Waals surface area contributed by atoms with E-state index in [1.807, 2.05) is 30.5 Å². The van der Waals surface area contributed by atoms with Gasteiger partial charge in [-0.1, -0.05) is 27.7 Å². The van der Waals surface area contributed by atoms with Crippen LogP contribution in [-0.4, -0.2) is 70.9 Å². The monoisotopic (exact) mass is 544 g/mol. The molecule has 10 heteroatoms. The molecule has 0 amide bonds. The Morgan fingerprint density at radius 1 is 0.821 bits per heavy atom. The highest BCUT2D eigenvalue weighted by Gasteiger charge is 2.34. The van der Waals surface area contributed by atoms with Crippen LogP contribution in [0.15, 0.2) is 21.7 Å². The van der Waals surface area contributed by atoms with Crippen molar-refractivity contribution in [2.75, 3.05) is 33.0 Å². The third kappa shape index (κ3) is 7.94. The zero-order valence-electron chi connectivity index (χ0n) is 24.2. The molecule has 2 heterocycles. The van der Waals surface area contributed by atoms with Gasteiger partial charge in [0.05, 0.1) is 24.2 Å². The fourth-order valence-corrected chi connectivity index (χ4v) is 4.49. The number of rotatable bonds is 17. The number of benzene rings is 1. The quantitative estimate of drug-likeness (QED) is 0.200. The maximum atomic E-state index is 12.8. The van der Waals surface area contributed by atoms with Crippen molar-refractivity contribution < 1.29 is 18.9 Å². The Kier molecular flexibility index (Phi) is 12.0. The van der Waals surface area contributed by atoms with Crippen molar-refractivity contribution in [3.8, 4) is 11.5 Å². The zero-order chi connectivity index (χ0) is 28.4. The van der Waals surface area contributed by atoms with Gasteiger partial charge in [-0.2, -0.15) is 4.98 Å². The first-order valence-corrected chi connectivity index (χ1v) is 14.2. The Labute approximate surface area is 230 Å². The minimum atomic E-state index is -0.715. The van der Waals surface area contributed by atoms with Crippen LogP contribution in [-0.2, 0) is 25.5 Å². The average molecular weight is 545 g/mol. The molecule has 0 bridgehead atoms. The van der Waals surface area contributed by atoms with E-state index in [0.717, 1.165) is 42.3 Å². The molecule has 39 heavy (non-hydrogen) atoms. The van der Waals surface area contributed by atoms with E-state index < -0.39 is 23.5 Å². The van der Waals surface area contributed by atoms with Crippen LogP contribution in [0.4, 0.5) is 0 Å². The first-order valence-electron chi connectivity index (χ1n) is 14.2. The van der Waals surface area contributed by atoms with Gasteiger partial charge in [0.1, 0.15) is 18.3 Å². The topological polar surface area (TPSA) is 118 Å². The third-order valence-corrected chi connectivity index (χ3v) is 6.54. The second kappa shape index (κ2) is 15.2. The molecule has 1 aromatic rings. The van der Waals surface area contributed by atoms with Crippen molar-refractivity contribution in [1.29, 1.82) is 0 Å². The number of aromatic nitrogens is 4. The molecule has 0 fully saturated rings. The Morgan fingerprint density at radius 2 is 1.44 bits per heavy atom. The second-order valence-electron chi connectivity index (χ2n) is 9.92. The van der Waals surface area contributed by atoms with Crippen molar-refractivity contribution in [2.24, 2.45) is 0 Å². The first-order chi connectivity index (χ1) is 18.8. The molecule has 1 aromatic carbocycles. The molecule has 3 atom stereocenters. The molecule has 216 valence electrons. The molecule has 0 saturated heterocycles. The van der Waals surface area contributed by atoms with E-state index in [1.54, 1.807) is 0 Å². The van der Waals surface area contributed by atoms with Crippen molar-refractivity contribution in [2.45, 2.75) is 92.1 Å². The van der Waals surface area contributed by atoms with Crippen LogP contribution in [0.25, 0.3) is 22.6 Å². The van der Waals surface area contributed by atoms with E-state index in [9.17, 15) is 9.59 Å². The highest BCUT2D eigenvalue weighted by molar-refractivity contribution is 5.81. The van der Waals surface area contributed by atoms with Crippen molar-refractivity contribution in [1.82, 2.24) is 19.5 Å². The van der Waals surface area contributed by atoms with Crippen LogP contribution in [0.5, 0.6) is 0 Å². The van der Waals surface area contributed by atoms with Gasteiger partial charge in [-0.05, 0) is 62.8 Å². The van der Waals surface area contributed by atoms with Crippen molar-refractivity contribution in [3.05, 3.63) is 44.1 Å². The first kappa shape index (κ1) is 30.9. The predicted molar refractivity (Wildman–Crippen MR) is 152 cm³/mol. The second-order valence-corrected chi connectivity index (χ2v) is 9.92. The number of H-pyrrole nitrogens is 1. The van der Waals surface area contributed by atoms with Crippen molar-refractivity contribution >= 4 is 11.0 Å². The summed E-state index contributed by atoms with van der Waals surface area (Å²) in [6.07, 6.45) is 2.12. The lowest BCUT2D eigenvalue weighted by Crippen LogP contribution is -2.47. The number of nitrogens with one attached hydrogen (secondary N) is 1. The highest BCUT2D eigenvalue weighted by atomic mass is 16.6. The molecule has 2 aliphatic rings. The van der Waals surface area contributed by atoms with Gasteiger partial charge in [-0.3, -0.25) is 9.78 Å². The maximum Gasteiger partial charge on any atom is 0.349 e. The number of ether oxygens (including phenoxy) is 4. The Bertz CT molecular complexity index is 1270. The van der Waals surface area contributed by atoms with Gasteiger partial charge in [0, 0.05) is 26.4 Å². The zero-order valence-corrected chi connectivity index (χ0v) is 24.2. The number of aromatic amines is 1. The molecule has 2 aliphatic heterocycles. The predicted octanol–water partition coefficient (Wildman–Crippen LogP) is 4.01. The molecule has 0 radical (unpaired) electrons. The molecular weight excluding hydrogens is 500 g/mol. The molecule has 0 unspecified atom stereocenters. The lowest BCUT2D eigenvalue weighted by molar-refractivity contribution is -0.159. The number of hydrogen-bond acceptors (Lipinski definition) is 8. The fraction of sp³-hybridized carbons (Fsp3) is 0.655. The summed E-state index contributed by atoms with van der Waals surface area (Å²) in [7, 11) is 0. The standard InChI is InChI=1S/C29H44N4O6/c1-7-11-36-18-24(38-13-9-3)26(39-14-10-4)23(37-12-8-2)17-33-22-16-20(6)19(5)15-21(22)30-25-27(33)31-29(35)32-28(25)34/h15-16,23-24,26H,7-14,17-18H2,1-6H3,(H,32,34,35)/t23-,24+,26-/m0/s1. The van der Waals surface area contributed by atoms with Gasteiger partial charge >= 0.3 is 5.69 Å². The number of nitrogens with zero attached hydrogens (tertiary/aromatic N) is 3. The maximum absolute atomic E-state index is 12.8. The van der Waals surface area contributed by atoms with Crippen molar-refractivity contribution in [3.63, 3.8) is 0 Å². The summed E-state index contributed by atoms with van der Waals surface area (Å²) in [5.74, 6) is 0.215. The van der Waals surface area contributed by atoms with Crippen LogP contribution < -0.4 is 11.2 Å². The minimum Gasteiger partial charge on any atom is -0.379 e. The summed E-state index contributed by atoms with van der Waals surface area (Å²) in [4.78, 5) is 36.1. The number of hydrogen-bond donors (Lipinski definition) is 1. The molecule has 0 aliphatic carbocycles. The third-order valence-electron chi connectivity index (χ3n) is 6.54. The average Bonchev–Trinajstić information content (AvgIpc) is 2.91. The molecule has 10 nitrogen and oxygen atoms in total. The van der Waals surface area contributed by atoms with E-state index in [-0.39, 0.29) is 24.2 Å². The van der Waals surface area contributed by atoms with E-state index in [2.05, 4.69) is 42.6 Å². The molecule has 1 N–H and O–H groups in total. The molecule has 0 spiro atoms. The number of fused-ring (bicyclic) bond motifs is 2. The molecular formula is C29H44N4O6. The fourth-order valence-electron chi connectivity index (χ4n) is 4.49. The smallest absolute Gasteiger partial charge is 0.349 e. The Hall–Kier alpha value is -2.66. The van der Waals surface area contributed by atoms with Crippen LogP contribution in [0.3, 0.4) is 0 Å².